The Morgan fingerprint density at radius 1 is 1.15 bits per heavy atom. The van der Waals surface area contributed by atoms with Gasteiger partial charge >= 0.3 is 4.87 Å². The molecule has 0 bridgehead atoms. The van der Waals surface area contributed by atoms with Crippen LogP contribution in [0.15, 0.2) is 34.4 Å². The molecule has 2 aromatic rings. The number of hydrogen-bond acceptors (Lipinski definition) is 4. The lowest BCUT2D eigenvalue weighted by Crippen LogP contribution is -2.50. The average molecular weight is 394 g/mol. The van der Waals surface area contributed by atoms with Crippen LogP contribution in [0.1, 0.15) is 22.5 Å². The Balaban J connectivity index is 1.52. The van der Waals surface area contributed by atoms with E-state index in [9.17, 15) is 14.4 Å². The summed E-state index contributed by atoms with van der Waals surface area (Å²) in [7, 11) is 0. The van der Waals surface area contributed by atoms with Crippen LogP contribution in [0.3, 0.4) is 0 Å². The van der Waals surface area contributed by atoms with Gasteiger partial charge in [0.25, 0.3) is 5.91 Å². The molecule has 1 saturated heterocycles. The van der Waals surface area contributed by atoms with Gasteiger partial charge < -0.3 is 14.4 Å². The normalized spacial score (nSPS) is 14.5. The highest BCUT2D eigenvalue weighted by atomic mass is 35.5. The van der Waals surface area contributed by atoms with Crippen LogP contribution in [0.5, 0.6) is 0 Å². The van der Waals surface area contributed by atoms with Crippen molar-refractivity contribution in [1.29, 1.82) is 0 Å². The molecule has 8 heteroatoms. The second-order valence-electron chi connectivity index (χ2n) is 6.23. The highest BCUT2D eigenvalue weighted by Gasteiger charge is 2.24. The van der Waals surface area contributed by atoms with Crippen LogP contribution in [-0.4, -0.2) is 52.4 Å². The van der Waals surface area contributed by atoms with E-state index in [1.54, 1.807) is 44.0 Å². The molecule has 2 amide bonds. The van der Waals surface area contributed by atoms with E-state index >= 15 is 0 Å². The van der Waals surface area contributed by atoms with E-state index in [0.29, 0.717) is 49.7 Å². The minimum atomic E-state index is -0.0694. The molecule has 1 aliphatic heterocycles. The van der Waals surface area contributed by atoms with Crippen molar-refractivity contribution < 1.29 is 9.59 Å². The molecular weight excluding hydrogens is 374 g/mol. The lowest BCUT2D eigenvalue weighted by molar-refractivity contribution is -0.132. The lowest BCUT2D eigenvalue weighted by atomic mass is 10.2. The number of carbonyl (C=O) groups is 2. The molecule has 0 saturated carbocycles. The standard InChI is InChI=1S/C18H20ClN3O3S/c1-13-12-26-18(25)22(13)6-5-16(23)20-7-9-21(10-8-20)17(24)14-3-2-4-15(19)11-14/h2-4,11-12H,5-10H2,1H3. The SMILES string of the molecule is Cc1csc(=O)n1CCC(=O)N1CCN(C(=O)c2cccc(Cl)c2)CC1. The second kappa shape index (κ2) is 8.05. The van der Waals surface area contributed by atoms with Gasteiger partial charge in [0, 0.05) is 60.8 Å². The molecule has 26 heavy (non-hydrogen) atoms. The number of halogens is 1. The van der Waals surface area contributed by atoms with Gasteiger partial charge in [0.2, 0.25) is 5.91 Å². The molecule has 1 aliphatic rings. The van der Waals surface area contributed by atoms with Crippen LogP contribution in [0.25, 0.3) is 0 Å². The van der Waals surface area contributed by atoms with Gasteiger partial charge in [-0.15, -0.1) is 0 Å². The van der Waals surface area contributed by atoms with Crippen molar-refractivity contribution in [3.63, 3.8) is 0 Å². The maximum Gasteiger partial charge on any atom is 0.307 e. The Bertz CT molecular complexity index is 869. The zero-order valence-electron chi connectivity index (χ0n) is 14.5. The quantitative estimate of drug-likeness (QED) is 0.800. The van der Waals surface area contributed by atoms with Crippen molar-refractivity contribution in [3.8, 4) is 0 Å². The monoisotopic (exact) mass is 393 g/mol. The van der Waals surface area contributed by atoms with Gasteiger partial charge in [-0.05, 0) is 25.1 Å². The summed E-state index contributed by atoms with van der Waals surface area (Å²) in [4.78, 5) is 40.1. The number of aryl methyl sites for hydroxylation is 1. The number of hydrogen-bond donors (Lipinski definition) is 0. The minimum absolute atomic E-state index is 0.0114. The van der Waals surface area contributed by atoms with Gasteiger partial charge in [-0.2, -0.15) is 0 Å². The fourth-order valence-electron chi connectivity index (χ4n) is 3.00. The molecule has 6 nitrogen and oxygen atoms in total. The van der Waals surface area contributed by atoms with Crippen molar-refractivity contribution >= 4 is 34.8 Å². The Labute approximate surface area is 160 Å². The zero-order chi connectivity index (χ0) is 18.7. The number of aromatic nitrogens is 1. The predicted molar refractivity (Wildman–Crippen MR) is 102 cm³/mol. The first-order valence-electron chi connectivity index (χ1n) is 8.43. The zero-order valence-corrected chi connectivity index (χ0v) is 16.1. The first-order chi connectivity index (χ1) is 12.5. The van der Waals surface area contributed by atoms with E-state index in [1.165, 1.54) is 0 Å². The Morgan fingerprint density at radius 3 is 2.46 bits per heavy atom. The first kappa shape index (κ1) is 18.7. The molecule has 2 heterocycles. The molecule has 0 atom stereocenters. The molecule has 138 valence electrons. The largest absolute Gasteiger partial charge is 0.339 e. The van der Waals surface area contributed by atoms with E-state index in [-0.39, 0.29) is 16.7 Å². The molecule has 0 aliphatic carbocycles. The van der Waals surface area contributed by atoms with Crippen molar-refractivity contribution in [2.45, 2.75) is 19.9 Å². The molecule has 0 spiro atoms. The maximum absolute atomic E-state index is 12.5. The summed E-state index contributed by atoms with van der Waals surface area (Å²) in [5, 5.41) is 2.33. The van der Waals surface area contributed by atoms with Crippen LogP contribution in [0, 0.1) is 6.92 Å². The third-order valence-corrected chi connectivity index (χ3v) is 5.63. The Morgan fingerprint density at radius 2 is 1.85 bits per heavy atom. The number of carbonyl (C=O) groups excluding carboxylic acids is 2. The summed E-state index contributed by atoms with van der Waals surface area (Å²) in [5.74, 6) is -0.0580. The van der Waals surface area contributed by atoms with Crippen molar-refractivity contribution in [2.24, 2.45) is 0 Å². The predicted octanol–water partition coefficient (Wildman–Crippen LogP) is 2.25. The van der Waals surface area contributed by atoms with E-state index in [0.717, 1.165) is 17.0 Å². The third-order valence-electron chi connectivity index (χ3n) is 4.52. The molecule has 1 fully saturated rings. The number of rotatable bonds is 4. The topological polar surface area (TPSA) is 62.6 Å². The van der Waals surface area contributed by atoms with Gasteiger partial charge in [0.15, 0.2) is 0 Å². The van der Waals surface area contributed by atoms with Gasteiger partial charge in [-0.25, -0.2) is 0 Å². The molecule has 3 rings (SSSR count). The summed E-state index contributed by atoms with van der Waals surface area (Å²) < 4.78 is 1.63. The van der Waals surface area contributed by atoms with E-state index in [2.05, 4.69) is 0 Å². The molecule has 1 aromatic carbocycles. The van der Waals surface area contributed by atoms with Crippen LogP contribution < -0.4 is 4.87 Å². The van der Waals surface area contributed by atoms with Gasteiger partial charge in [0.1, 0.15) is 0 Å². The summed E-state index contributed by atoms with van der Waals surface area (Å²) in [5.41, 5.74) is 1.44. The van der Waals surface area contributed by atoms with Crippen molar-refractivity contribution in [1.82, 2.24) is 14.4 Å². The van der Waals surface area contributed by atoms with E-state index < -0.39 is 0 Å². The smallest absolute Gasteiger partial charge is 0.307 e. The molecular formula is C18H20ClN3O3S. The summed E-state index contributed by atoms with van der Waals surface area (Å²) in [6.45, 7) is 4.26. The fourth-order valence-corrected chi connectivity index (χ4v) is 3.95. The first-order valence-corrected chi connectivity index (χ1v) is 9.69. The van der Waals surface area contributed by atoms with Crippen LogP contribution in [0.2, 0.25) is 5.02 Å². The summed E-state index contributed by atoms with van der Waals surface area (Å²) >= 11 is 7.09. The van der Waals surface area contributed by atoms with E-state index in [4.69, 9.17) is 11.6 Å². The minimum Gasteiger partial charge on any atom is -0.339 e. The van der Waals surface area contributed by atoms with Gasteiger partial charge in [0.05, 0.1) is 0 Å². The molecule has 0 radical (unpaired) electrons. The fraction of sp³-hybridized carbons (Fsp3) is 0.389. The number of amides is 2. The highest BCUT2D eigenvalue weighted by molar-refractivity contribution is 7.07. The van der Waals surface area contributed by atoms with Crippen molar-refractivity contribution in [3.05, 3.63) is 55.6 Å². The second-order valence-corrected chi connectivity index (χ2v) is 7.49. The average Bonchev–Trinajstić information content (AvgIpc) is 2.97. The molecule has 0 N–H and O–H groups in total. The van der Waals surface area contributed by atoms with Crippen molar-refractivity contribution in [2.75, 3.05) is 26.2 Å². The van der Waals surface area contributed by atoms with Crippen LogP contribution >= 0.6 is 22.9 Å². The highest BCUT2D eigenvalue weighted by Crippen LogP contribution is 2.14. The summed E-state index contributed by atoms with van der Waals surface area (Å²) in [6, 6.07) is 6.88. The Hall–Kier alpha value is -2.12. The number of nitrogens with zero attached hydrogens (tertiary/aromatic N) is 3. The third kappa shape index (κ3) is 4.16. The lowest BCUT2D eigenvalue weighted by Gasteiger charge is -2.35. The maximum atomic E-state index is 12.5. The number of benzene rings is 1. The van der Waals surface area contributed by atoms with Crippen LogP contribution in [0.4, 0.5) is 0 Å². The number of thiazole rings is 1. The van der Waals surface area contributed by atoms with E-state index in [1.807, 2.05) is 6.92 Å². The Kier molecular flexibility index (Phi) is 5.78. The van der Waals surface area contributed by atoms with Gasteiger partial charge in [-0.1, -0.05) is 29.0 Å². The molecule has 1 aromatic heterocycles. The molecule has 0 unspecified atom stereocenters. The van der Waals surface area contributed by atoms with Gasteiger partial charge in [-0.3, -0.25) is 14.4 Å². The number of piperazine rings is 1. The summed E-state index contributed by atoms with van der Waals surface area (Å²) in [6.07, 6.45) is 0.291. The van der Waals surface area contributed by atoms with Crippen LogP contribution in [-0.2, 0) is 11.3 Å².